The molecule has 0 aromatic carbocycles. The Morgan fingerprint density at radius 3 is 1.70 bits per heavy atom. The molecule has 0 aromatic rings. The molecule has 6 nitrogen and oxygen atoms in total. The van der Waals surface area contributed by atoms with E-state index in [0.29, 0.717) is 47.3 Å². The Morgan fingerprint density at radius 2 is 1.23 bits per heavy atom. The van der Waals surface area contributed by atoms with Gasteiger partial charge in [-0.1, -0.05) is 74.1 Å². The van der Waals surface area contributed by atoms with Gasteiger partial charge in [0.1, 0.15) is 6.61 Å². The molecule has 4 aliphatic rings. The summed E-state index contributed by atoms with van der Waals surface area (Å²) in [5, 5.41) is 33.0. The first-order valence-corrected chi connectivity index (χ1v) is 18.4. The molecule has 1 saturated heterocycles. The van der Waals surface area contributed by atoms with Crippen molar-refractivity contribution in [3.63, 3.8) is 0 Å². The molecule has 6 unspecified atom stereocenters. The molecule has 0 spiro atoms. The summed E-state index contributed by atoms with van der Waals surface area (Å²) in [4.78, 5) is 0. The molecule has 4 rings (SSSR count). The molecular weight excluding hydrogens is 532 g/mol. The molecule has 248 valence electrons. The summed E-state index contributed by atoms with van der Waals surface area (Å²) in [5.74, 6) is 3.44. The van der Waals surface area contributed by atoms with E-state index in [1.165, 1.54) is 77.0 Å². The maximum atomic E-state index is 11.6. The van der Waals surface area contributed by atoms with Gasteiger partial charge in [0.05, 0.1) is 36.8 Å². The lowest BCUT2D eigenvalue weighted by Crippen LogP contribution is -2.73. The summed E-state index contributed by atoms with van der Waals surface area (Å²) in [7, 11) is 0. The van der Waals surface area contributed by atoms with Gasteiger partial charge in [0.25, 0.3) is 0 Å². The number of aliphatic hydroxyl groups is 1. The van der Waals surface area contributed by atoms with Crippen LogP contribution in [0.5, 0.6) is 0 Å². The van der Waals surface area contributed by atoms with Crippen LogP contribution in [0, 0.1) is 57.7 Å². The fourth-order valence-corrected chi connectivity index (χ4v) is 9.26. The van der Waals surface area contributed by atoms with E-state index in [1.807, 2.05) is 0 Å². The van der Waals surface area contributed by atoms with Crippen molar-refractivity contribution in [1.29, 1.82) is 5.26 Å². The normalized spacial score (nSPS) is 39.7. The molecule has 0 radical (unpaired) electrons. The smallest absolute Gasteiger partial charge is 0.134 e. The monoisotopic (exact) mass is 601 g/mol. The van der Waals surface area contributed by atoms with Crippen LogP contribution in [0.4, 0.5) is 0 Å². The van der Waals surface area contributed by atoms with Gasteiger partial charge in [-0.2, -0.15) is 5.26 Å². The van der Waals surface area contributed by atoms with E-state index < -0.39 is 6.10 Å². The van der Waals surface area contributed by atoms with Gasteiger partial charge in [0, 0.05) is 12.3 Å². The van der Waals surface area contributed by atoms with Gasteiger partial charge in [-0.15, -0.1) is 0 Å². The Kier molecular flexibility index (Phi) is 12.9. The van der Waals surface area contributed by atoms with E-state index >= 15 is 0 Å². The van der Waals surface area contributed by atoms with Crippen molar-refractivity contribution < 1.29 is 9.84 Å². The van der Waals surface area contributed by atoms with Crippen LogP contribution in [0.15, 0.2) is 0 Å². The lowest BCUT2D eigenvalue weighted by molar-refractivity contribution is -0.0865. The van der Waals surface area contributed by atoms with Gasteiger partial charge in [0.15, 0.2) is 0 Å². The highest BCUT2D eigenvalue weighted by molar-refractivity contribution is 4.99. The minimum absolute atomic E-state index is 0.0128. The third kappa shape index (κ3) is 9.65. The van der Waals surface area contributed by atoms with Crippen molar-refractivity contribution in [2.75, 3.05) is 6.61 Å². The molecule has 4 N–H and O–H groups in total. The Morgan fingerprint density at radius 1 is 0.721 bits per heavy atom. The van der Waals surface area contributed by atoms with Crippen LogP contribution in [-0.2, 0) is 4.74 Å². The number of hydrogen-bond acceptors (Lipinski definition) is 6. The maximum absolute atomic E-state index is 11.6. The van der Waals surface area contributed by atoms with Crippen molar-refractivity contribution in [2.45, 2.75) is 175 Å². The number of aliphatic hydroxyl groups excluding tert-OH is 1. The summed E-state index contributed by atoms with van der Waals surface area (Å²) in [6, 6.07) is 2.17. The average molecular weight is 601 g/mol. The molecule has 3 aliphatic carbocycles. The van der Waals surface area contributed by atoms with Crippen molar-refractivity contribution in [2.24, 2.45) is 46.3 Å². The summed E-state index contributed by atoms with van der Waals surface area (Å²) in [6.07, 6.45) is 18.3. The number of unbranched alkanes of at least 4 members (excludes halogenated alkanes) is 3. The lowest BCUT2D eigenvalue weighted by Gasteiger charge is -2.52. The molecule has 0 aromatic heterocycles. The van der Waals surface area contributed by atoms with Crippen LogP contribution in [0.2, 0.25) is 0 Å². The highest BCUT2D eigenvalue weighted by Crippen LogP contribution is 2.44. The molecule has 1 aliphatic heterocycles. The van der Waals surface area contributed by atoms with Gasteiger partial charge >= 0.3 is 0 Å². The van der Waals surface area contributed by atoms with Gasteiger partial charge in [-0.3, -0.25) is 16.0 Å². The molecular formula is C37H68N4O2. The van der Waals surface area contributed by atoms with Crippen LogP contribution < -0.4 is 16.0 Å². The minimum atomic E-state index is -0.423. The quantitative estimate of drug-likeness (QED) is 0.192. The van der Waals surface area contributed by atoms with E-state index in [0.717, 1.165) is 24.7 Å². The van der Waals surface area contributed by atoms with Crippen molar-refractivity contribution >= 4 is 0 Å². The summed E-state index contributed by atoms with van der Waals surface area (Å²) >= 11 is 0. The molecule has 6 atom stereocenters. The molecule has 1 heterocycles. The molecule has 0 amide bonds. The van der Waals surface area contributed by atoms with E-state index in [4.69, 9.17) is 4.74 Å². The van der Waals surface area contributed by atoms with Crippen LogP contribution in [0.3, 0.4) is 0 Å². The fraction of sp³-hybridized carbons (Fsp3) is 0.973. The zero-order valence-electron chi connectivity index (χ0n) is 29.0. The van der Waals surface area contributed by atoms with Crippen LogP contribution in [0.1, 0.15) is 145 Å². The summed E-state index contributed by atoms with van der Waals surface area (Å²) in [5.41, 5.74) is 0.776. The maximum Gasteiger partial charge on any atom is 0.134 e. The number of nitrogens with zero attached hydrogens (tertiary/aromatic N) is 1. The van der Waals surface area contributed by atoms with E-state index in [-0.39, 0.29) is 24.8 Å². The number of nitriles is 1. The van der Waals surface area contributed by atoms with Gasteiger partial charge in [-0.25, -0.2) is 0 Å². The predicted octanol–water partition coefficient (Wildman–Crippen LogP) is 7.72. The van der Waals surface area contributed by atoms with Crippen molar-refractivity contribution in [1.82, 2.24) is 16.0 Å². The zero-order valence-corrected chi connectivity index (χ0v) is 29.0. The van der Waals surface area contributed by atoms with Gasteiger partial charge in [0.2, 0.25) is 0 Å². The first kappa shape index (κ1) is 35.1. The van der Waals surface area contributed by atoms with Crippen molar-refractivity contribution in [3.8, 4) is 6.07 Å². The standard InChI is InChI=1S/C37H68N4O2/c1-8-9-10-11-12-27-23-30(31(42)24-32(27)43-22-21-38)35-40-33(25-13-17-28(18-14-25)36(2,3)4)39-34(41-35)26-15-19-29(20-16-26)37(5,6)7/h25-35,39-42H,8-20,22-24H2,1-7H3. The largest absolute Gasteiger partial charge is 0.393 e. The number of ether oxygens (including phenoxy) is 1. The Labute approximate surface area is 265 Å². The molecule has 4 fully saturated rings. The molecule has 6 heteroatoms. The highest BCUT2D eigenvalue weighted by atomic mass is 16.5. The Balaban J connectivity index is 1.48. The first-order chi connectivity index (χ1) is 20.4. The zero-order chi connectivity index (χ0) is 31.2. The number of rotatable bonds is 10. The second kappa shape index (κ2) is 15.7. The Bertz CT molecular complexity index is 817. The third-order valence-corrected chi connectivity index (χ3v) is 12.3. The SMILES string of the molecule is CCCCCCC1CC(C2NC(C3CCC(C(C)(C)C)CC3)NC(C3CCC(C(C)(C)C)CC3)N2)C(O)CC1OCC#N. The van der Waals surface area contributed by atoms with E-state index in [2.05, 4.69) is 70.5 Å². The summed E-state index contributed by atoms with van der Waals surface area (Å²) < 4.78 is 6.04. The van der Waals surface area contributed by atoms with Crippen molar-refractivity contribution in [3.05, 3.63) is 0 Å². The van der Waals surface area contributed by atoms with Gasteiger partial charge < -0.3 is 9.84 Å². The second-order valence-corrected chi connectivity index (χ2v) is 17.2. The topological polar surface area (TPSA) is 89.3 Å². The first-order valence-electron chi connectivity index (χ1n) is 18.4. The van der Waals surface area contributed by atoms with Crippen LogP contribution in [-0.4, -0.2) is 42.4 Å². The van der Waals surface area contributed by atoms with Crippen LogP contribution >= 0.6 is 0 Å². The predicted molar refractivity (Wildman–Crippen MR) is 177 cm³/mol. The molecule has 43 heavy (non-hydrogen) atoms. The highest BCUT2D eigenvalue weighted by Gasteiger charge is 2.46. The summed E-state index contributed by atoms with van der Waals surface area (Å²) in [6.45, 7) is 16.9. The van der Waals surface area contributed by atoms with Crippen LogP contribution in [0.25, 0.3) is 0 Å². The van der Waals surface area contributed by atoms with E-state index in [1.54, 1.807) is 0 Å². The minimum Gasteiger partial charge on any atom is -0.393 e. The van der Waals surface area contributed by atoms with E-state index in [9.17, 15) is 10.4 Å². The molecule has 3 saturated carbocycles. The number of nitrogens with one attached hydrogen (secondary N) is 3. The lowest BCUT2D eigenvalue weighted by atomic mass is 9.68. The fourth-order valence-electron chi connectivity index (χ4n) is 9.26. The second-order valence-electron chi connectivity index (χ2n) is 17.2. The number of hydrogen-bond donors (Lipinski definition) is 4. The third-order valence-electron chi connectivity index (χ3n) is 12.3. The Hall–Kier alpha value is -0.710. The van der Waals surface area contributed by atoms with Gasteiger partial charge in [-0.05, 0) is 105 Å². The average Bonchev–Trinajstić information content (AvgIpc) is 2.98. The molecule has 0 bridgehead atoms.